The second-order valence-corrected chi connectivity index (χ2v) is 6.03. The van der Waals surface area contributed by atoms with Crippen LogP contribution in [-0.4, -0.2) is 5.91 Å². The molecule has 1 saturated carbocycles. The maximum atomic E-state index is 11.9. The van der Waals surface area contributed by atoms with Crippen LogP contribution in [0.5, 0.6) is 0 Å². The Hall–Kier alpha value is -0.580. The minimum Gasteiger partial charge on any atom is -0.326 e. The van der Waals surface area contributed by atoms with E-state index >= 15 is 0 Å². The van der Waals surface area contributed by atoms with Crippen molar-refractivity contribution in [2.24, 2.45) is 5.92 Å². The van der Waals surface area contributed by atoms with E-state index < -0.39 is 0 Å². The SMILES string of the molecule is Cc1ccc(NC(=O)CC2CCCC2)cc1I. The summed E-state index contributed by atoms with van der Waals surface area (Å²) in [5, 5.41) is 2.99. The molecule has 0 bridgehead atoms. The summed E-state index contributed by atoms with van der Waals surface area (Å²) in [7, 11) is 0. The van der Waals surface area contributed by atoms with Gasteiger partial charge in [0.15, 0.2) is 0 Å². The molecule has 1 amide bonds. The van der Waals surface area contributed by atoms with E-state index in [0.717, 1.165) is 5.69 Å². The molecule has 3 heteroatoms. The lowest BCUT2D eigenvalue weighted by Crippen LogP contribution is -2.15. The van der Waals surface area contributed by atoms with Crippen LogP contribution in [0.1, 0.15) is 37.7 Å². The van der Waals surface area contributed by atoms with Gasteiger partial charge in [0.2, 0.25) is 5.91 Å². The second-order valence-electron chi connectivity index (χ2n) is 4.87. The summed E-state index contributed by atoms with van der Waals surface area (Å²) in [5.74, 6) is 0.774. The highest BCUT2D eigenvalue weighted by Crippen LogP contribution is 2.28. The number of halogens is 1. The smallest absolute Gasteiger partial charge is 0.224 e. The number of amides is 1. The summed E-state index contributed by atoms with van der Waals surface area (Å²) in [4.78, 5) is 11.9. The van der Waals surface area contributed by atoms with Crippen molar-refractivity contribution in [1.29, 1.82) is 0 Å². The maximum Gasteiger partial charge on any atom is 0.224 e. The van der Waals surface area contributed by atoms with Crippen LogP contribution in [0, 0.1) is 16.4 Å². The fraction of sp³-hybridized carbons (Fsp3) is 0.500. The van der Waals surface area contributed by atoms with Crippen molar-refractivity contribution in [2.75, 3.05) is 5.32 Å². The van der Waals surface area contributed by atoms with Gasteiger partial charge in [0.05, 0.1) is 0 Å². The predicted octanol–water partition coefficient (Wildman–Crippen LogP) is 4.12. The Kier molecular flexibility index (Phi) is 4.42. The fourth-order valence-corrected chi connectivity index (χ4v) is 2.87. The van der Waals surface area contributed by atoms with Crippen molar-refractivity contribution in [3.05, 3.63) is 27.3 Å². The first-order chi connectivity index (χ1) is 8.15. The summed E-state index contributed by atoms with van der Waals surface area (Å²) in [5.41, 5.74) is 2.17. The summed E-state index contributed by atoms with van der Waals surface area (Å²) < 4.78 is 1.20. The third-order valence-electron chi connectivity index (χ3n) is 3.40. The number of benzene rings is 1. The molecule has 1 N–H and O–H groups in total. The molecule has 0 heterocycles. The van der Waals surface area contributed by atoms with Gasteiger partial charge in [0, 0.05) is 15.7 Å². The monoisotopic (exact) mass is 343 g/mol. The van der Waals surface area contributed by atoms with E-state index in [-0.39, 0.29) is 5.91 Å². The molecule has 1 fully saturated rings. The van der Waals surface area contributed by atoms with Crippen LogP contribution in [0.2, 0.25) is 0 Å². The summed E-state index contributed by atoms with van der Waals surface area (Å²) >= 11 is 2.30. The molecule has 0 saturated heterocycles. The standard InChI is InChI=1S/C14H18INO/c1-10-6-7-12(9-13(10)15)16-14(17)8-11-4-2-3-5-11/h6-7,9,11H,2-5,8H2,1H3,(H,16,17). The lowest BCUT2D eigenvalue weighted by atomic mass is 10.0. The first-order valence-electron chi connectivity index (χ1n) is 6.21. The highest BCUT2D eigenvalue weighted by atomic mass is 127. The average Bonchev–Trinajstić information content (AvgIpc) is 2.76. The molecule has 0 aromatic heterocycles. The molecule has 0 unspecified atom stereocenters. The normalized spacial score (nSPS) is 16.1. The Bertz CT molecular complexity index is 411. The van der Waals surface area contributed by atoms with E-state index in [1.54, 1.807) is 0 Å². The number of hydrogen-bond acceptors (Lipinski definition) is 1. The van der Waals surface area contributed by atoms with Crippen molar-refractivity contribution >= 4 is 34.2 Å². The fourth-order valence-electron chi connectivity index (χ4n) is 2.36. The van der Waals surface area contributed by atoms with Crippen LogP contribution in [0.15, 0.2) is 18.2 Å². The van der Waals surface area contributed by atoms with Gasteiger partial charge in [-0.15, -0.1) is 0 Å². The van der Waals surface area contributed by atoms with E-state index in [0.29, 0.717) is 12.3 Å². The van der Waals surface area contributed by atoms with Crippen LogP contribution < -0.4 is 5.32 Å². The minimum atomic E-state index is 0.163. The van der Waals surface area contributed by atoms with Crippen molar-refractivity contribution in [2.45, 2.75) is 39.0 Å². The average molecular weight is 343 g/mol. The largest absolute Gasteiger partial charge is 0.326 e. The van der Waals surface area contributed by atoms with Gasteiger partial charge >= 0.3 is 0 Å². The van der Waals surface area contributed by atoms with Crippen LogP contribution in [0.25, 0.3) is 0 Å². The third-order valence-corrected chi connectivity index (χ3v) is 4.57. The maximum absolute atomic E-state index is 11.9. The molecular weight excluding hydrogens is 325 g/mol. The highest BCUT2D eigenvalue weighted by Gasteiger charge is 2.18. The van der Waals surface area contributed by atoms with Crippen LogP contribution in [0.3, 0.4) is 0 Å². The number of nitrogens with one attached hydrogen (secondary N) is 1. The Balaban J connectivity index is 1.90. The topological polar surface area (TPSA) is 29.1 Å². The Labute approximate surface area is 116 Å². The van der Waals surface area contributed by atoms with Gasteiger partial charge in [-0.2, -0.15) is 0 Å². The third kappa shape index (κ3) is 3.69. The van der Waals surface area contributed by atoms with Crippen molar-refractivity contribution < 1.29 is 4.79 Å². The lowest BCUT2D eigenvalue weighted by molar-refractivity contribution is -0.117. The molecule has 0 atom stereocenters. The van der Waals surface area contributed by atoms with Gasteiger partial charge in [0.25, 0.3) is 0 Å². The zero-order valence-corrected chi connectivity index (χ0v) is 12.3. The molecule has 1 aliphatic carbocycles. The molecule has 92 valence electrons. The van der Waals surface area contributed by atoms with Gasteiger partial charge in [-0.05, 0) is 66.0 Å². The van der Waals surface area contributed by atoms with Crippen LogP contribution >= 0.6 is 22.6 Å². The molecular formula is C14H18INO. The van der Waals surface area contributed by atoms with E-state index in [1.807, 2.05) is 18.2 Å². The van der Waals surface area contributed by atoms with Gasteiger partial charge < -0.3 is 5.32 Å². The molecule has 1 aliphatic rings. The molecule has 0 radical (unpaired) electrons. The van der Waals surface area contributed by atoms with E-state index in [2.05, 4.69) is 34.8 Å². The molecule has 2 rings (SSSR count). The first-order valence-corrected chi connectivity index (χ1v) is 7.29. The van der Waals surface area contributed by atoms with E-state index in [4.69, 9.17) is 0 Å². The number of aryl methyl sites for hydroxylation is 1. The number of anilines is 1. The van der Waals surface area contributed by atoms with Gasteiger partial charge in [0.1, 0.15) is 0 Å². The Morgan fingerprint density at radius 3 is 2.76 bits per heavy atom. The zero-order chi connectivity index (χ0) is 12.3. The molecule has 0 spiro atoms. The molecule has 17 heavy (non-hydrogen) atoms. The number of rotatable bonds is 3. The van der Waals surface area contributed by atoms with Gasteiger partial charge in [-0.1, -0.05) is 18.9 Å². The van der Waals surface area contributed by atoms with Crippen molar-refractivity contribution in [1.82, 2.24) is 0 Å². The quantitative estimate of drug-likeness (QED) is 0.822. The first kappa shape index (κ1) is 12.9. The highest BCUT2D eigenvalue weighted by molar-refractivity contribution is 14.1. The summed E-state index contributed by atoms with van der Waals surface area (Å²) in [6, 6.07) is 6.05. The van der Waals surface area contributed by atoms with E-state index in [9.17, 15) is 4.79 Å². The second kappa shape index (κ2) is 5.85. The van der Waals surface area contributed by atoms with Gasteiger partial charge in [-0.25, -0.2) is 0 Å². The summed E-state index contributed by atoms with van der Waals surface area (Å²) in [6.07, 6.45) is 5.71. The molecule has 1 aromatic carbocycles. The molecule has 1 aromatic rings. The Morgan fingerprint density at radius 1 is 1.41 bits per heavy atom. The van der Waals surface area contributed by atoms with Crippen molar-refractivity contribution in [3.63, 3.8) is 0 Å². The molecule has 0 aliphatic heterocycles. The summed E-state index contributed by atoms with van der Waals surface area (Å²) in [6.45, 7) is 2.08. The number of carbonyl (C=O) groups is 1. The van der Waals surface area contributed by atoms with Crippen molar-refractivity contribution in [3.8, 4) is 0 Å². The molecule has 2 nitrogen and oxygen atoms in total. The van der Waals surface area contributed by atoms with E-state index in [1.165, 1.54) is 34.8 Å². The zero-order valence-electron chi connectivity index (χ0n) is 10.1. The van der Waals surface area contributed by atoms with Crippen LogP contribution in [-0.2, 0) is 4.79 Å². The number of hydrogen-bond donors (Lipinski definition) is 1. The Morgan fingerprint density at radius 2 is 2.12 bits per heavy atom. The minimum absolute atomic E-state index is 0.163. The predicted molar refractivity (Wildman–Crippen MR) is 79.1 cm³/mol. The van der Waals surface area contributed by atoms with Crippen LogP contribution in [0.4, 0.5) is 5.69 Å². The number of carbonyl (C=O) groups excluding carboxylic acids is 1. The lowest BCUT2D eigenvalue weighted by Gasteiger charge is -2.10. The van der Waals surface area contributed by atoms with Gasteiger partial charge in [-0.3, -0.25) is 4.79 Å².